The van der Waals surface area contributed by atoms with Crippen LogP contribution in [0.25, 0.3) is 6.08 Å². The molecule has 0 amide bonds. The zero-order valence-corrected chi connectivity index (χ0v) is 9.60. The third kappa shape index (κ3) is 2.76. The summed E-state index contributed by atoms with van der Waals surface area (Å²) in [5.41, 5.74) is 1.11. The van der Waals surface area contributed by atoms with E-state index in [1.54, 1.807) is 7.11 Å². The molecule has 0 aliphatic carbocycles. The fourth-order valence-corrected chi connectivity index (χ4v) is 1.45. The largest absolute Gasteiger partial charge is 0.493 e. The number of ether oxygens (including phenoxy) is 3. The second kappa shape index (κ2) is 5.03. The van der Waals surface area contributed by atoms with Crippen LogP contribution in [0.15, 0.2) is 24.3 Å². The highest BCUT2D eigenvalue weighted by Gasteiger charge is 2.23. The van der Waals surface area contributed by atoms with Gasteiger partial charge in [-0.25, -0.2) is 0 Å². The molecule has 3 nitrogen and oxygen atoms in total. The number of epoxide rings is 1. The van der Waals surface area contributed by atoms with E-state index in [0.717, 1.165) is 23.7 Å². The summed E-state index contributed by atoms with van der Waals surface area (Å²) in [7, 11) is 1.65. The van der Waals surface area contributed by atoms with Crippen LogP contribution in [0.2, 0.25) is 0 Å². The molecule has 3 heteroatoms. The first kappa shape index (κ1) is 11.0. The van der Waals surface area contributed by atoms with Gasteiger partial charge in [0.25, 0.3) is 0 Å². The molecule has 1 aliphatic rings. The van der Waals surface area contributed by atoms with Gasteiger partial charge in [-0.2, -0.15) is 0 Å². The summed E-state index contributed by atoms with van der Waals surface area (Å²) < 4.78 is 16.0. The summed E-state index contributed by atoms with van der Waals surface area (Å²) in [5.74, 6) is 1.53. The van der Waals surface area contributed by atoms with Gasteiger partial charge in [0, 0.05) is 0 Å². The van der Waals surface area contributed by atoms with E-state index in [9.17, 15) is 0 Å². The summed E-state index contributed by atoms with van der Waals surface area (Å²) >= 11 is 0. The van der Waals surface area contributed by atoms with E-state index in [1.165, 1.54) is 0 Å². The lowest BCUT2D eigenvalue weighted by Gasteiger charge is -2.10. The van der Waals surface area contributed by atoms with Crippen molar-refractivity contribution in [3.05, 3.63) is 29.8 Å². The highest BCUT2D eigenvalue weighted by atomic mass is 16.6. The molecule has 1 aromatic carbocycles. The van der Waals surface area contributed by atoms with Crippen molar-refractivity contribution >= 4 is 6.08 Å². The molecule has 1 aliphatic heterocycles. The highest BCUT2D eigenvalue weighted by Crippen LogP contribution is 2.29. The summed E-state index contributed by atoms with van der Waals surface area (Å²) in [6.07, 6.45) is 4.28. The fraction of sp³-hybridized carbons (Fsp3) is 0.385. The number of methoxy groups -OCH3 is 1. The SMILES string of the molecule is C/C=C/c1ccc(OC[C@H]2CO2)c(OC)c1. The second-order valence-electron chi connectivity index (χ2n) is 3.68. The summed E-state index contributed by atoms with van der Waals surface area (Å²) in [5, 5.41) is 0. The Morgan fingerprint density at radius 3 is 2.88 bits per heavy atom. The molecule has 0 radical (unpaired) electrons. The van der Waals surface area contributed by atoms with E-state index < -0.39 is 0 Å². The minimum Gasteiger partial charge on any atom is -0.493 e. The third-order valence-electron chi connectivity index (χ3n) is 2.37. The molecule has 2 rings (SSSR count). The molecule has 1 heterocycles. The lowest BCUT2D eigenvalue weighted by Crippen LogP contribution is -2.05. The summed E-state index contributed by atoms with van der Waals surface area (Å²) in [6.45, 7) is 3.39. The van der Waals surface area contributed by atoms with Gasteiger partial charge in [0.1, 0.15) is 12.7 Å². The van der Waals surface area contributed by atoms with Crippen LogP contribution in [-0.2, 0) is 4.74 Å². The first-order valence-corrected chi connectivity index (χ1v) is 5.38. The Morgan fingerprint density at radius 2 is 2.25 bits per heavy atom. The Hall–Kier alpha value is -1.48. The molecule has 1 saturated heterocycles. The molecule has 0 bridgehead atoms. The quantitative estimate of drug-likeness (QED) is 0.714. The minimum atomic E-state index is 0.264. The van der Waals surface area contributed by atoms with Gasteiger partial charge >= 0.3 is 0 Å². The van der Waals surface area contributed by atoms with Gasteiger partial charge in [-0.3, -0.25) is 0 Å². The van der Waals surface area contributed by atoms with Crippen molar-refractivity contribution < 1.29 is 14.2 Å². The molecule has 0 saturated carbocycles. The van der Waals surface area contributed by atoms with Gasteiger partial charge in [0.05, 0.1) is 13.7 Å². The monoisotopic (exact) mass is 220 g/mol. The van der Waals surface area contributed by atoms with E-state index in [-0.39, 0.29) is 6.10 Å². The number of rotatable bonds is 5. The molecule has 1 aromatic rings. The van der Waals surface area contributed by atoms with Crippen LogP contribution < -0.4 is 9.47 Å². The van der Waals surface area contributed by atoms with Crippen LogP contribution in [0.3, 0.4) is 0 Å². The fourth-order valence-electron chi connectivity index (χ4n) is 1.45. The van der Waals surface area contributed by atoms with Gasteiger partial charge in [-0.15, -0.1) is 0 Å². The lowest BCUT2D eigenvalue weighted by molar-refractivity contribution is 0.252. The Kier molecular flexibility index (Phi) is 3.47. The standard InChI is InChI=1S/C13H16O3/c1-3-4-10-5-6-12(13(7-10)14-2)16-9-11-8-15-11/h3-7,11H,8-9H2,1-2H3/b4-3+/t11-/m1/s1. The van der Waals surface area contributed by atoms with Crippen molar-refractivity contribution in [1.82, 2.24) is 0 Å². The van der Waals surface area contributed by atoms with Crippen molar-refractivity contribution in [1.29, 1.82) is 0 Å². The van der Waals surface area contributed by atoms with Gasteiger partial charge in [0.15, 0.2) is 11.5 Å². The van der Waals surface area contributed by atoms with Gasteiger partial charge in [-0.05, 0) is 24.6 Å². The molecule has 1 fully saturated rings. The normalized spacial score (nSPS) is 18.8. The maximum Gasteiger partial charge on any atom is 0.161 e. The summed E-state index contributed by atoms with van der Waals surface area (Å²) in [4.78, 5) is 0. The molecule has 16 heavy (non-hydrogen) atoms. The smallest absolute Gasteiger partial charge is 0.161 e. The maximum atomic E-state index is 5.61. The molecular formula is C13H16O3. The van der Waals surface area contributed by atoms with Crippen LogP contribution in [0.5, 0.6) is 11.5 Å². The Bertz CT molecular complexity index is 381. The predicted octanol–water partition coefficient (Wildman–Crippen LogP) is 2.51. The van der Waals surface area contributed by atoms with Crippen LogP contribution in [0.4, 0.5) is 0 Å². The first-order valence-electron chi connectivity index (χ1n) is 5.38. The number of hydrogen-bond acceptors (Lipinski definition) is 3. The van der Waals surface area contributed by atoms with Crippen LogP contribution in [-0.4, -0.2) is 26.4 Å². The number of allylic oxidation sites excluding steroid dienone is 1. The maximum absolute atomic E-state index is 5.61. The van der Waals surface area contributed by atoms with Gasteiger partial charge in [-0.1, -0.05) is 18.2 Å². The number of benzene rings is 1. The Balaban J connectivity index is 2.09. The molecule has 0 spiro atoms. The van der Waals surface area contributed by atoms with E-state index in [1.807, 2.05) is 37.3 Å². The van der Waals surface area contributed by atoms with Crippen LogP contribution in [0.1, 0.15) is 12.5 Å². The zero-order chi connectivity index (χ0) is 11.4. The molecular weight excluding hydrogens is 204 g/mol. The van der Waals surface area contributed by atoms with Crippen LogP contribution in [0, 0.1) is 0 Å². The van der Waals surface area contributed by atoms with Gasteiger partial charge < -0.3 is 14.2 Å². The van der Waals surface area contributed by atoms with Crippen LogP contribution >= 0.6 is 0 Å². The highest BCUT2D eigenvalue weighted by molar-refractivity contribution is 5.55. The van der Waals surface area contributed by atoms with Crippen molar-refractivity contribution in [2.45, 2.75) is 13.0 Å². The predicted molar refractivity (Wildman–Crippen MR) is 62.9 cm³/mol. The first-order chi connectivity index (χ1) is 7.83. The van der Waals surface area contributed by atoms with Crippen molar-refractivity contribution in [3.8, 4) is 11.5 Å². The molecule has 86 valence electrons. The Labute approximate surface area is 95.6 Å². The second-order valence-corrected chi connectivity index (χ2v) is 3.68. The van der Waals surface area contributed by atoms with Crippen molar-refractivity contribution in [2.75, 3.05) is 20.3 Å². The van der Waals surface area contributed by atoms with E-state index in [0.29, 0.717) is 6.61 Å². The molecule has 1 atom stereocenters. The van der Waals surface area contributed by atoms with Crippen molar-refractivity contribution in [3.63, 3.8) is 0 Å². The van der Waals surface area contributed by atoms with Crippen molar-refractivity contribution in [2.24, 2.45) is 0 Å². The average Bonchev–Trinajstić information content (AvgIpc) is 3.11. The number of hydrogen-bond donors (Lipinski definition) is 0. The molecule has 0 aromatic heterocycles. The Morgan fingerprint density at radius 1 is 1.44 bits per heavy atom. The molecule has 0 unspecified atom stereocenters. The average molecular weight is 220 g/mol. The van der Waals surface area contributed by atoms with Gasteiger partial charge in [0.2, 0.25) is 0 Å². The third-order valence-corrected chi connectivity index (χ3v) is 2.37. The molecule has 0 N–H and O–H groups in total. The van der Waals surface area contributed by atoms with E-state index >= 15 is 0 Å². The van der Waals surface area contributed by atoms with E-state index in [2.05, 4.69) is 0 Å². The minimum absolute atomic E-state index is 0.264. The topological polar surface area (TPSA) is 31.0 Å². The lowest BCUT2D eigenvalue weighted by atomic mass is 10.2. The summed E-state index contributed by atoms with van der Waals surface area (Å²) in [6, 6.07) is 5.89. The zero-order valence-electron chi connectivity index (χ0n) is 9.60. The van der Waals surface area contributed by atoms with E-state index in [4.69, 9.17) is 14.2 Å².